The van der Waals surface area contributed by atoms with Crippen molar-refractivity contribution in [3.8, 4) is 0 Å². The summed E-state index contributed by atoms with van der Waals surface area (Å²) in [6.07, 6.45) is 1.04. The molecule has 2 unspecified atom stereocenters. The van der Waals surface area contributed by atoms with Gasteiger partial charge in [0, 0.05) is 19.1 Å². The van der Waals surface area contributed by atoms with Crippen LogP contribution in [0.1, 0.15) is 18.9 Å². The van der Waals surface area contributed by atoms with E-state index in [1.165, 1.54) is 6.07 Å². The Bertz CT molecular complexity index is 354. The first kappa shape index (κ1) is 11.6. The van der Waals surface area contributed by atoms with E-state index in [1.54, 1.807) is 12.1 Å². The van der Waals surface area contributed by atoms with Crippen LogP contribution in [0.3, 0.4) is 0 Å². The van der Waals surface area contributed by atoms with E-state index in [2.05, 4.69) is 11.8 Å². The largest absolute Gasteiger partial charge is 0.327 e. The van der Waals surface area contributed by atoms with Crippen molar-refractivity contribution in [1.82, 2.24) is 4.90 Å². The molecule has 1 aliphatic rings. The first-order chi connectivity index (χ1) is 7.65. The Morgan fingerprint density at radius 1 is 1.50 bits per heavy atom. The van der Waals surface area contributed by atoms with E-state index in [4.69, 9.17) is 5.73 Å². The monoisotopic (exact) mass is 222 g/mol. The Labute approximate surface area is 96.2 Å². The highest BCUT2D eigenvalue weighted by Gasteiger charge is 2.22. The van der Waals surface area contributed by atoms with Crippen LogP contribution >= 0.6 is 0 Å². The minimum Gasteiger partial charge on any atom is -0.327 e. The smallest absolute Gasteiger partial charge is 0.123 e. The van der Waals surface area contributed by atoms with Gasteiger partial charge in [-0.1, -0.05) is 19.1 Å². The number of nitrogens with two attached hydrogens (primary N) is 1. The minimum atomic E-state index is -0.153. The number of likely N-dealkylation sites (tertiary alicyclic amines) is 1. The van der Waals surface area contributed by atoms with Crippen molar-refractivity contribution >= 4 is 0 Å². The number of hydrogen-bond acceptors (Lipinski definition) is 2. The maximum atomic E-state index is 13.0. The number of rotatable bonds is 2. The van der Waals surface area contributed by atoms with Crippen molar-refractivity contribution in [2.75, 3.05) is 13.1 Å². The Hall–Kier alpha value is -0.930. The van der Waals surface area contributed by atoms with E-state index in [9.17, 15) is 4.39 Å². The lowest BCUT2D eigenvalue weighted by Crippen LogP contribution is -2.45. The fourth-order valence-electron chi connectivity index (χ4n) is 2.29. The molecule has 16 heavy (non-hydrogen) atoms. The standard InChI is InChI=1S/C13H19FN2/c1-10-8-16(6-5-13(10)15)9-11-3-2-4-12(14)7-11/h2-4,7,10,13H,5-6,8-9,15H2,1H3. The highest BCUT2D eigenvalue weighted by atomic mass is 19.1. The van der Waals surface area contributed by atoms with E-state index in [0.717, 1.165) is 31.6 Å². The topological polar surface area (TPSA) is 29.3 Å². The summed E-state index contributed by atoms with van der Waals surface area (Å²) in [5.41, 5.74) is 7.02. The van der Waals surface area contributed by atoms with E-state index >= 15 is 0 Å². The van der Waals surface area contributed by atoms with Gasteiger partial charge >= 0.3 is 0 Å². The number of hydrogen-bond donors (Lipinski definition) is 1. The molecule has 0 saturated carbocycles. The van der Waals surface area contributed by atoms with Gasteiger partial charge in [-0.25, -0.2) is 4.39 Å². The van der Waals surface area contributed by atoms with Crippen LogP contribution in [-0.4, -0.2) is 24.0 Å². The molecule has 88 valence electrons. The van der Waals surface area contributed by atoms with Gasteiger partial charge in [-0.15, -0.1) is 0 Å². The van der Waals surface area contributed by atoms with Crippen molar-refractivity contribution in [3.63, 3.8) is 0 Å². The molecule has 0 radical (unpaired) electrons. The summed E-state index contributed by atoms with van der Waals surface area (Å²) >= 11 is 0. The molecule has 3 heteroatoms. The molecule has 2 nitrogen and oxygen atoms in total. The molecule has 1 saturated heterocycles. The van der Waals surface area contributed by atoms with Crippen molar-refractivity contribution in [2.24, 2.45) is 11.7 Å². The summed E-state index contributed by atoms with van der Waals surface area (Å²) in [7, 11) is 0. The lowest BCUT2D eigenvalue weighted by Gasteiger charge is -2.35. The summed E-state index contributed by atoms with van der Waals surface area (Å²) in [5.74, 6) is 0.376. The molecule has 1 aromatic carbocycles. The first-order valence-electron chi connectivity index (χ1n) is 5.87. The van der Waals surface area contributed by atoms with Crippen molar-refractivity contribution < 1.29 is 4.39 Å². The third-order valence-electron chi connectivity index (χ3n) is 3.35. The fraction of sp³-hybridized carbons (Fsp3) is 0.538. The second-order valence-corrected chi connectivity index (χ2v) is 4.79. The second kappa shape index (κ2) is 4.93. The lowest BCUT2D eigenvalue weighted by atomic mass is 9.94. The summed E-state index contributed by atoms with van der Waals surface area (Å²) in [6.45, 7) is 5.04. The predicted molar refractivity (Wildman–Crippen MR) is 63.4 cm³/mol. The number of benzene rings is 1. The molecule has 1 fully saturated rings. The fourth-order valence-corrected chi connectivity index (χ4v) is 2.29. The molecular weight excluding hydrogens is 203 g/mol. The SMILES string of the molecule is CC1CN(Cc2cccc(F)c2)CCC1N. The molecule has 2 atom stereocenters. The zero-order valence-corrected chi connectivity index (χ0v) is 9.70. The number of piperidine rings is 1. The molecule has 0 amide bonds. The van der Waals surface area contributed by atoms with Crippen LogP contribution in [-0.2, 0) is 6.54 Å². The summed E-state index contributed by atoms with van der Waals surface area (Å²) in [6, 6.07) is 7.16. The second-order valence-electron chi connectivity index (χ2n) is 4.79. The average molecular weight is 222 g/mol. The lowest BCUT2D eigenvalue weighted by molar-refractivity contribution is 0.157. The highest BCUT2D eigenvalue weighted by Crippen LogP contribution is 2.17. The summed E-state index contributed by atoms with van der Waals surface area (Å²) < 4.78 is 13.0. The van der Waals surface area contributed by atoms with Gasteiger partial charge in [0.1, 0.15) is 5.82 Å². The van der Waals surface area contributed by atoms with Gasteiger partial charge in [0.2, 0.25) is 0 Å². The predicted octanol–water partition coefficient (Wildman–Crippen LogP) is 1.99. The maximum Gasteiger partial charge on any atom is 0.123 e. The Morgan fingerprint density at radius 3 is 3.00 bits per heavy atom. The molecule has 2 N–H and O–H groups in total. The van der Waals surface area contributed by atoms with Gasteiger partial charge in [-0.05, 0) is 36.6 Å². The number of halogens is 1. The van der Waals surface area contributed by atoms with Gasteiger partial charge < -0.3 is 5.73 Å². The molecule has 0 aromatic heterocycles. The average Bonchev–Trinajstić information content (AvgIpc) is 2.24. The third kappa shape index (κ3) is 2.80. The van der Waals surface area contributed by atoms with Gasteiger partial charge in [-0.3, -0.25) is 4.90 Å². The van der Waals surface area contributed by atoms with Crippen LogP contribution in [0.25, 0.3) is 0 Å². The summed E-state index contributed by atoms with van der Waals surface area (Å²) in [4.78, 5) is 2.35. The highest BCUT2D eigenvalue weighted by molar-refractivity contribution is 5.16. The van der Waals surface area contributed by atoms with Gasteiger partial charge in [0.25, 0.3) is 0 Å². The third-order valence-corrected chi connectivity index (χ3v) is 3.35. The maximum absolute atomic E-state index is 13.0. The minimum absolute atomic E-state index is 0.153. The van der Waals surface area contributed by atoms with Crippen LogP contribution in [0.2, 0.25) is 0 Å². The van der Waals surface area contributed by atoms with Crippen LogP contribution in [0.4, 0.5) is 4.39 Å². The van der Waals surface area contributed by atoms with Crippen molar-refractivity contribution in [1.29, 1.82) is 0 Å². The van der Waals surface area contributed by atoms with Gasteiger partial charge in [0.15, 0.2) is 0 Å². The van der Waals surface area contributed by atoms with Crippen LogP contribution in [0.15, 0.2) is 24.3 Å². The van der Waals surface area contributed by atoms with Gasteiger partial charge in [-0.2, -0.15) is 0 Å². The molecule has 0 aliphatic carbocycles. The molecular formula is C13H19FN2. The first-order valence-corrected chi connectivity index (χ1v) is 5.87. The molecule has 1 heterocycles. The molecule has 0 bridgehead atoms. The van der Waals surface area contributed by atoms with Crippen LogP contribution in [0, 0.1) is 11.7 Å². The van der Waals surface area contributed by atoms with Crippen molar-refractivity contribution in [2.45, 2.75) is 25.9 Å². The number of nitrogens with zero attached hydrogens (tertiary/aromatic N) is 1. The van der Waals surface area contributed by atoms with E-state index in [1.807, 2.05) is 6.07 Å². The molecule has 1 aliphatic heterocycles. The van der Waals surface area contributed by atoms with Gasteiger partial charge in [0.05, 0.1) is 0 Å². The normalized spacial score (nSPS) is 26.9. The van der Waals surface area contributed by atoms with Crippen LogP contribution < -0.4 is 5.73 Å². The Morgan fingerprint density at radius 2 is 2.31 bits per heavy atom. The quantitative estimate of drug-likeness (QED) is 0.829. The zero-order chi connectivity index (χ0) is 11.5. The molecule has 2 rings (SSSR count). The van der Waals surface area contributed by atoms with Crippen molar-refractivity contribution in [3.05, 3.63) is 35.6 Å². The Balaban J connectivity index is 1.95. The zero-order valence-electron chi connectivity index (χ0n) is 9.70. The van der Waals surface area contributed by atoms with E-state index in [-0.39, 0.29) is 5.82 Å². The van der Waals surface area contributed by atoms with Crippen LogP contribution in [0.5, 0.6) is 0 Å². The van der Waals surface area contributed by atoms with E-state index < -0.39 is 0 Å². The van der Waals surface area contributed by atoms with E-state index in [0.29, 0.717) is 12.0 Å². The summed E-state index contributed by atoms with van der Waals surface area (Å²) in [5, 5.41) is 0. The molecule has 0 spiro atoms. The Kier molecular flexibility index (Phi) is 3.56. The molecule has 1 aromatic rings.